The Morgan fingerprint density at radius 3 is 2.12 bits per heavy atom. The summed E-state index contributed by atoms with van der Waals surface area (Å²) in [6, 6.07) is 10.3. The van der Waals surface area contributed by atoms with Crippen molar-refractivity contribution in [1.29, 1.82) is 0 Å². The fourth-order valence-corrected chi connectivity index (χ4v) is 4.00. The fraction of sp³-hybridized carbons (Fsp3) is 0.619. The summed E-state index contributed by atoms with van der Waals surface area (Å²) in [6.07, 6.45) is 5.89. The van der Waals surface area contributed by atoms with Crippen molar-refractivity contribution in [3.05, 3.63) is 35.9 Å². The smallest absolute Gasteiger partial charge is 0.317 e. The van der Waals surface area contributed by atoms with Gasteiger partial charge in [0.05, 0.1) is 5.41 Å². The van der Waals surface area contributed by atoms with Gasteiger partial charge in [-0.25, -0.2) is 4.79 Å². The highest BCUT2D eigenvalue weighted by molar-refractivity contribution is 5.87. The molecular formula is C21H31N3O2. The fourth-order valence-electron chi connectivity index (χ4n) is 4.00. The average molecular weight is 357 g/mol. The molecule has 1 aliphatic heterocycles. The summed E-state index contributed by atoms with van der Waals surface area (Å²) < 4.78 is 0. The van der Waals surface area contributed by atoms with Gasteiger partial charge in [0.25, 0.3) is 0 Å². The van der Waals surface area contributed by atoms with Gasteiger partial charge in [-0.2, -0.15) is 0 Å². The normalized spacial score (nSPS) is 19.3. The van der Waals surface area contributed by atoms with Crippen LogP contribution in [0.3, 0.4) is 0 Å². The van der Waals surface area contributed by atoms with Gasteiger partial charge in [-0.3, -0.25) is 4.79 Å². The Balaban J connectivity index is 1.53. The van der Waals surface area contributed by atoms with Crippen molar-refractivity contribution in [2.24, 2.45) is 0 Å². The van der Waals surface area contributed by atoms with E-state index in [2.05, 4.69) is 5.32 Å². The highest BCUT2D eigenvalue weighted by Crippen LogP contribution is 2.26. The van der Waals surface area contributed by atoms with Gasteiger partial charge >= 0.3 is 6.03 Å². The summed E-state index contributed by atoms with van der Waals surface area (Å²) in [7, 11) is 0. The van der Waals surface area contributed by atoms with Crippen LogP contribution in [0, 0.1) is 0 Å². The van der Waals surface area contributed by atoms with Crippen molar-refractivity contribution in [3.63, 3.8) is 0 Å². The predicted molar refractivity (Wildman–Crippen MR) is 103 cm³/mol. The second kappa shape index (κ2) is 8.11. The number of carbonyl (C=O) groups excluding carboxylic acids is 2. The SMILES string of the molecule is CC(C)(C(=O)N1CCN(C(=O)NC2CCCCC2)CC1)c1ccccc1. The highest BCUT2D eigenvalue weighted by atomic mass is 16.2. The van der Waals surface area contributed by atoms with Crippen LogP contribution in [0.1, 0.15) is 51.5 Å². The van der Waals surface area contributed by atoms with E-state index in [1.165, 1.54) is 19.3 Å². The van der Waals surface area contributed by atoms with Crippen molar-refractivity contribution in [1.82, 2.24) is 15.1 Å². The molecule has 1 saturated heterocycles. The van der Waals surface area contributed by atoms with E-state index in [1.54, 1.807) is 0 Å². The first-order valence-electron chi connectivity index (χ1n) is 9.89. The van der Waals surface area contributed by atoms with Crippen molar-refractivity contribution in [2.75, 3.05) is 26.2 Å². The Bertz CT molecular complexity index is 615. The van der Waals surface area contributed by atoms with Crippen LogP contribution in [0.5, 0.6) is 0 Å². The zero-order valence-corrected chi connectivity index (χ0v) is 16.0. The standard InChI is InChI=1S/C21H31N3O2/c1-21(2,17-9-5-3-6-10-17)19(25)23-13-15-24(16-14-23)20(26)22-18-11-7-4-8-12-18/h3,5-6,9-10,18H,4,7-8,11-16H2,1-2H3,(H,22,26). The molecule has 3 amide bonds. The maximum Gasteiger partial charge on any atom is 0.317 e. The first-order valence-corrected chi connectivity index (χ1v) is 9.89. The lowest BCUT2D eigenvalue weighted by molar-refractivity contribution is -0.137. The number of carbonyl (C=O) groups is 2. The topological polar surface area (TPSA) is 52.7 Å². The van der Waals surface area contributed by atoms with Crippen LogP contribution in [0.25, 0.3) is 0 Å². The summed E-state index contributed by atoms with van der Waals surface area (Å²) in [5.74, 6) is 0.135. The van der Waals surface area contributed by atoms with E-state index in [0.717, 1.165) is 18.4 Å². The van der Waals surface area contributed by atoms with Crippen LogP contribution >= 0.6 is 0 Å². The number of hydrogen-bond donors (Lipinski definition) is 1. The minimum absolute atomic E-state index is 0.0336. The lowest BCUT2D eigenvalue weighted by Crippen LogP contribution is -2.57. The molecule has 0 bridgehead atoms. The molecular weight excluding hydrogens is 326 g/mol. The molecule has 1 aromatic rings. The summed E-state index contributed by atoms with van der Waals surface area (Å²) in [6.45, 7) is 6.38. The van der Waals surface area contributed by atoms with Crippen LogP contribution in [0.4, 0.5) is 4.79 Å². The maximum atomic E-state index is 13.0. The molecule has 0 atom stereocenters. The molecule has 2 fully saturated rings. The minimum Gasteiger partial charge on any atom is -0.338 e. The lowest BCUT2D eigenvalue weighted by atomic mass is 9.83. The first kappa shape index (κ1) is 18.7. The van der Waals surface area contributed by atoms with E-state index >= 15 is 0 Å². The quantitative estimate of drug-likeness (QED) is 0.903. The molecule has 5 heteroatoms. The van der Waals surface area contributed by atoms with E-state index < -0.39 is 5.41 Å². The molecule has 0 aromatic heterocycles. The van der Waals surface area contributed by atoms with Gasteiger partial charge in [0.15, 0.2) is 0 Å². The molecule has 0 radical (unpaired) electrons. The zero-order valence-electron chi connectivity index (χ0n) is 16.0. The molecule has 0 unspecified atom stereocenters. The van der Waals surface area contributed by atoms with Gasteiger partial charge in [-0.05, 0) is 32.3 Å². The molecule has 2 aliphatic rings. The maximum absolute atomic E-state index is 13.0. The van der Waals surface area contributed by atoms with E-state index in [4.69, 9.17) is 0 Å². The highest BCUT2D eigenvalue weighted by Gasteiger charge is 2.35. The number of urea groups is 1. The van der Waals surface area contributed by atoms with E-state index in [-0.39, 0.29) is 11.9 Å². The third-order valence-electron chi connectivity index (χ3n) is 5.82. The van der Waals surface area contributed by atoms with Gasteiger partial charge in [-0.1, -0.05) is 49.6 Å². The van der Waals surface area contributed by atoms with Crippen molar-refractivity contribution >= 4 is 11.9 Å². The summed E-state index contributed by atoms with van der Waals surface area (Å²) in [4.78, 5) is 29.2. The molecule has 3 rings (SSSR count). The number of amides is 3. The van der Waals surface area contributed by atoms with Crippen molar-refractivity contribution in [3.8, 4) is 0 Å². The molecule has 1 aliphatic carbocycles. The largest absolute Gasteiger partial charge is 0.338 e. The zero-order chi connectivity index (χ0) is 18.6. The Labute approximate surface area is 156 Å². The summed E-state index contributed by atoms with van der Waals surface area (Å²) in [5, 5.41) is 3.17. The number of benzene rings is 1. The molecule has 1 heterocycles. The Morgan fingerprint density at radius 2 is 1.50 bits per heavy atom. The number of nitrogens with zero attached hydrogens (tertiary/aromatic N) is 2. The van der Waals surface area contributed by atoms with Gasteiger partial charge in [0.1, 0.15) is 0 Å². The molecule has 1 aromatic carbocycles. The van der Waals surface area contributed by atoms with Crippen molar-refractivity contribution in [2.45, 2.75) is 57.4 Å². The average Bonchev–Trinajstić information content (AvgIpc) is 2.69. The first-order chi connectivity index (χ1) is 12.5. The van der Waals surface area contributed by atoms with Gasteiger partial charge in [0, 0.05) is 32.2 Å². The number of piperazine rings is 1. The predicted octanol–water partition coefficient (Wildman–Crippen LogP) is 3.15. The Morgan fingerprint density at radius 1 is 0.923 bits per heavy atom. The molecule has 26 heavy (non-hydrogen) atoms. The lowest BCUT2D eigenvalue weighted by Gasteiger charge is -2.39. The summed E-state index contributed by atoms with van der Waals surface area (Å²) in [5.41, 5.74) is 0.482. The third-order valence-corrected chi connectivity index (χ3v) is 5.82. The Kier molecular flexibility index (Phi) is 5.84. The number of hydrogen-bond acceptors (Lipinski definition) is 2. The number of rotatable bonds is 3. The van der Waals surface area contributed by atoms with E-state index in [0.29, 0.717) is 32.2 Å². The van der Waals surface area contributed by atoms with Crippen molar-refractivity contribution < 1.29 is 9.59 Å². The Hall–Kier alpha value is -2.04. The van der Waals surface area contributed by atoms with Crippen LogP contribution in [0.2, 0.25) is 0 Å². The molecule has 1 saturated carbocycles. The minimum atomic E-state index is -0.548. The van der Waals surface area contributed by atoms with Crippen LogP contribution in [-0.2, 0) is 10.2 Å². The second-order valence-electron chi connectivity index (χ2n) is 8.05. The van der Waals surface area contributed by atoms with Gasteiger partial charge in [0.2, 0.25) is 5.91 Å². The van der Waals surface area contributed by atoms with E-state index in [9.17, 15) is 9.59 Å². The molecule has 142 valence electrons. The number of nitrogens with one attached hydrogen (secondary N) is 1. The third kappa shape index (κ3) is 4.19. The van der Waals surface area contributed by atoms with Gasteiger partial charge < -0.3 is 15.1 Å². The summed E-state index contributed by atoms with van der Waals surface area (Å²) >= 11 is 0. The van der Waals surface area contributed by atoms with Gasteiger partial charge in [-0.15, -0.1) is 0 Å². The molecule has 5 nitrogen and oxygen atoms in total. The van der Waals surface area contributed by atoms with E-state index in [1.807, 2.05) is 54.0 Å². The molecule has 1 N–H and O–H groups in total. The van der Waals surface area contributed by atoms with Crippen LogP contribution in [0.15, 0.2) is 30.3 Å². The van der Waals surface area contributed by atoms with Crippen LogP contribution < -0.4 is 5.32 Å². The second-order valence-corrected chi connectivity index (χ2v) is 8.05. The van der Waals surface area contributed by atoms with Crippen LogP contribution in [-0.4, -0.2) is 54.0 Å². The monoisotopic (exact) mass is 357 g/mol. The molecule has 0 spiro atoms.